The molecule has 1 atom stereocenters. The summed E-state index contributed by atoms with van der Waals surface area (Å²) >= 11 is 3.53. The molecule has 1 aliphatic heterocycles. The Bertz CT molecular complexity index is 583. The smallest absolute Gasteiger partial charge is 0.191 e. The molecular weight excluding hydrogens is 276 g/mol. The summed E-state index contributed by atoms with van der Waals surface area (Å²) in [5, 5.41) is 0.659. The van der Waals surface area contributed by atoms with Crippen LogP contribution in [-0.4, -0.2) is 21.5 Å². The molecule has 0 saturated carbocycles. The van der Waals surface area contributed by atoms with Gasteiger partial charge in [0, 0.05) is 28.4 Å². The first-order valence-electron chi connectivity index (χ1n) is 5.97. The van der Waals surface area contributed by atoms with Crippen LogP contribution in [0.4, 0.5) is 11.6 Å². The van der Waals surface area contributed by atoms with Gasteiger partial charge in [0.05, 0.1) is 0 Å². The lowest BCUT2D eigenvalue weighted by molar-refractivity contribution is 0.887. The average molecular weight is 290 g/mol. The molecule has 6 heteroatoms. The molecule has 3 rings (SSSR count). The minimum Gasteiger partial charge on any atom is -0.383 e. The van der Waals surface area contributed by atoms with Crippen molar-refractivity contribution in [3.8, 4) is 0 Å². The number of hydrogen-bond acceptors (Lipinski definition) is 6. The summed E-state index contributed by atoms with van der Waals surface area (Å²) in [5.74, 6) is 3.46. The van der Waals surface area contributed by atoms with E-state index in [2.05, 4.69) is 34.2 Å². The van der Waals surface area contributed by atoms with Crippen molar-refractivity contribution in [2.75, 3.05) is 23.0 Å². The second-order valence-electron chi connectivity index (χ2n) is 4.36. The third kappa shape index (κ3) is 2.79. The van der Waals surface area contributed by atoms with E-state index in [0.29, 0.717) is 22.7 Å². The molecule has 98 valence electrons. The fraction of sp³-hybridized carbons (Fsp3) is 0.231. The number of hydrogen-bond donors (Lipinski definition) is 2. The Labute approximate surface area is 120 Å². The molecule has 1 aromatic carbocycles. The Kier molecular flexibility index (Phi) is 3.52. The molecule has 0 fully saturated rings. The highest BCUT2D eigenvalue weighted by molar-refractivity contribution is 8.00. The molecule has 0 bridgehead atoms. The van der Waals surface area contributed by atoms with Crippen LogP contribution in [0.15, 0.2) is 40.4 Å². The SMILES string of the molecule is Nc1cc(N)nc(SCC2CSc3ccccc32)n1. The van der Waals surface area contributed by atoms with Crippen molar-refractivity contribution >= 4 is 35.2 Å². The minimum absolute atomic E-state index is 0.427. The largest absolute Gasteiger partial charge is 0.383 e. The van der Waals surface area contributed by atoms with E-state index >= 15 is 0 Å². The van der Waals surface area contributed by atoms with E-state index in [9.17, 15) is 0 Å². The zero-order valence-corrected chi connectivity index (χ0v) is 11.9. The van der Waals surface area contributed by atoms with Crippen molar-refractivity contribution < 1.29 is 0 Å². The quantitative estimate of drug-likeness (QED) is 0.668. The maximum atomic E-state index is 5.67. The van der Waals surface area contributed by atoms with Crippen LogP contribution in [-0.2, 0) is 0 Å². The maximum Gasteiger partial charge on any atom is 0.191 e. The van der Waals surface area contributed by atoms with Crippen LogP contribution in [0.25, 0.3) is 0 Å². The number of anilines is 2. The Morgan fingerprint density at radius 3 is 2.74 bits per heavy atom. The minimum atomic E-state index is 0.427. The van der Waals surface area contributed by atoms with Crippen molar-refractivity contribution in [2.45, 2.75) is 16.0 Å². The zero-order valence-electron chi connectivity index (χ0n) is 10.2. The van der Waals surface area contributed by atoms with Gasteiger partial charge in [-0.3, -0.25) is 0 Å². The van der Waals surface area contributed by atoms with E-state index in [0.717, 1.165) is 11.5 Å². The first-order valence-corrected chi connectivity index (χ1v) is 7.94. The fourth-order valence-corrected chi connectivity index (χ4v) is 4.46. The third-order valence-corrected chi connectivity index (χ3v) is 5.22. The van der Waals surface area contributed by atoms with Crippen molar-refractivity contribution in [3.63, 3.8) is 0 Å². The lowest BCUT2D eigenvalue weighted by Crippen LogP contribution is -2.03. The standard InChI is InChI=1S/C13H14N4S2/c14-11-5-12(15)17-13(16-11)19-7-8-6-18-10-4-2-1-3-9(8)10/h1-5,8H,6-7H2,(H4,14,15,16,17). The van der Waals surface area contributed by atoms with Crippen molar-refractivity contribution in [1.29, 1.82) is 0 Å². The number of aromatic nitrogens is 2. The van der Waals surface area contributed by atoms with Gasteiger partial charge in [-0.1, -0.05) is 30.0 Å². The van der Waals surface area contributed by atoms with Gasteiger partial charge in [-0.2, -0.15) is 0 Å². The second kappa shape index (κ2) is 5.30. The summed E-state index contributed by atoms with van der Waals surface area (Å²) in [7, 11) is 0. The van der Waals surface area contributed by atoms with Crippen LogP contribution in [0.5, 0.6) is 0 Å². The van der Waals surface area contributed by atoms with E-state index in [1.165, 1.54) is 10.5 Å². The summed E-state index contributed by atoms with van der Waals surface area (Å²) in [6.07, 6.45) is 0. The molecule has 0 aliphatic carbocycles. The molecule has 0 radical (unpaired) electrons. The second-order valence-corrected chi connectivity index (χ2v) is 6.41. The summed E-state index contributed by atoms with van der Waals surface area (Å²) in [6.45, 7) is 0. The van der Waals surface area contributed by atoms with Crippen LogP contribution in [0.2, 0.25) is 0 Å². The van der Waals surface area contributed by atoms with Crippen LogP contribution >= 0.6 is 23.5 Å². The van der Waals surface area contributed by atoms with Crippen LogP contribution in [0.1, 0.15) is 11.5 Å². The zero-order chi connectivity index (χ0) is 13.2. The highest BCUT2D eigenvalue weighted by Crippen LogP contribution is 2.41. The third-order valence-electron chi connectivity index (χ3n) is 2.96. The van der Waals surface area contributed by atoms with Gasteiger partial charge in [0.25, 0.3) is 0 Å². The number of thioether (sulfide) groups is 2. The molecule has 19 heavy (non-hydrogen) atoms. The Morgan fingerprint density at radius 1 is 1.21 bits per heavy atom. The van der Waals surface area contributed by atoms with Gasteiger partial charge in [0.1, 0.15) is 11.6 Å². The molecule has 0 spiro atoms. The summed E-state index contributed by atoms with van der Waals surface area (Å²) in [4.78, 5) is 9.78. The number of nitrogens with zero attached hydrogens (tertiary/aromatic N) is 2. The number of nitrogens with two attached hydrogens (primary N) is 2. The predicted molar refractivity (Wildman–Crippen MR) is 81.5 cm³/mol. The number of rotatable bonds is 3. The maximum absolute atomic E-state index is 5.67. The monoisotopic (exact) mass is 290 g/mol. The number of nitrogen functional groups attached to an aromatic ring is 2. The fourth-order valence-electron chi connectivity index (χ4n) is 2.07. The van der Waals surface area contributed by atoms with Crippen molar-refractivity contribution in [3.05, 3.63) is 35.9 Å². The number of fused-ring (bicyclic) bond motifs is 1. The summed E-state index contributed by atoms with van der Waals surface area (Å²) in [5.41, 5.74) is 12.8. The Morgan fingerprint density at radius 2 is 1.95 bits per heavy atom. The first-order chi connectivity index (χ1) is 9.22. The van der Waals surface area contributed by atoms with E-state index in [-0.39, 0.29) is 0 Å². The van der Waals surface area contributed by atoms with Crippen LogP contribution in [0.3, 0.4) is 0 Å². The normalized spacial score (nSPS) is 17.4. The van der Waals surface area contributed by atoms with E-state index in [1.807, 2.05) is 11.8 Å². The van der Waals surface area contributed by atoms with E-state index < -0.39 is 0 Å². The van der Waals surface area contributed by atoms with Gasteiger partial charge < -0.3 is 11.5 Å². The molecule has 4 nitrogen and oxygen atoms in total. The Balaban J connectivity index is 1.70. The molecule has 0 saturated heterocycles. The van der Waals surface area contributed by atoms with Gasteiger partial charge >= 0.3 is 0 Å². The van der Waals surface area contributed by atoms with Gasteiger partial charge in [0.15, 0.2) is 5.16 Å². The van der Waals surface area contributed by atoms with Gasteiger partial charge in [-0.15, -0.1) is 11.8 Å². The first kappa shape index (κ1) is 12.6. The molecule has 4 N–H and O–H groups in total. The highest BCUT2D eigenvalue weighted by Gasteiger charge is 2.23. The molecule has 1 aromatic heterocycles. The van der Waals surface area contributed by atoms with Gasteiger partial charge in [-0.05, 0) is 11.6 Å². The summed E-state index contributed by atoms with van der Waals surface area (Å²) < 4.78 is 0. The van der Waals surface area contributed by atoms with Crippen molar-refractivity contribution in [1.82, 2.24) is 9.97 Å². The summed E-state index contributed by atoms with van der Waals surface area (Å²) in [6, 6.07) is 10.1. The van der Waals surface area contributed by atoms with Gasteiger partial charge in [-0.25, -0.2) is 9.97 Å². The lowest BCUT2D eigenvalue weighted by Gasteiger charge is -2.09. The van der Waals surface area contributed by atoms with E-state index in [4.69, 9.17) is 11.5 Å². The lowest BCUT2D eigenvalue weighted by atomic mass is 10.0. The van der Waals surface area contributed by atoms with E-state index in [1.54, 1.807) is 17.8 Å². The Hall–Kier alpha value is -1.40. The van der Waals surface area contributed by atoms with Crippen molar-refractivity contribution in [2.24, 2.45) is 0 Å². The predicted octanol–water partition coefficient (Wildman–Crippen LogP) is 2.62. The molecule has 1 unspecified atom stereocenters. The van der Waals surface area contributed by atoms with Crippen LogP contribution in [0, 0.1) is 0 Å². The molecule has 2 aromatic rings. The highest BCUT2D eigenvalue weighted by atomic mass is 32.2. The molecule has 0 amide bonds. The van der Waals surface area contributed by atoms with Gasteiger partial charge in [0.2, 0.25) is 0 Å². The molecule has 1 aliphatic rings. The molecular formula is C13H14N4S2. The molecule has 2 heterocycles. The average Bonchev–Trinajstić information content (AvgIpc) is 2.78. The van der Waals surface area contributed by atoms with Crippen LogP contribution < -0.4 is 11.5 Å². The topological polar surface area (TPSA) is 77.8 Å². The number of benzene rings is 1.